The van der Waals surface area contributed by atoms with E-state index in [1.807, 2.05) is 112 Å². The third-order valence-electron chi connectivity index (χ3n) is 13.8. The Morgan fingerprint density at radius 1 is 0.931 bits per heavy atom. The molecule has 3 N–H and O–H groups in total. The Labute approximate surface area is 430 Å². The molecule has 7 heterocycles. The summed E-state index contributed by atoms with van der Waals surface area (Å²) in [6.07, 6.45) is 5.62. The molecule has 2 aliphatic heterocycles. The van der Waals surface area contributed by atoms with Gasteiger partial charge in [0.05, 0.1) is 40.5 Å². The van der Waals surface area contributed by atoms with Gasteiger partial charge in [-0.2, -0.15) is 5.10 Å². The first-order chi connectivity index (χ1) is 34.5. The van der Waals surface area contributed by atoms with Gasteiger partial charge in [0.1, 0.15) is 35.1 Å². The molecule has 19 heteroatoms. The van der Waals surface area contributed by atoms with Gasteiger partial charge in [-0.05, 0) is 73.6 Å². The molecule has 372 valence electrons. The number of rotatable bonds is 13. The van der Waals surface area contributed by atoms with E-state index < -0.39 is 29.6 Å². The van der Waals surface area contributed by atoms with E-state index in [2.05, 4.69) is 49.7 Å². The number of hydrogen-bond donors (Lipinski definition) is 3. The number of thiophene rings is 1. The highest BCUT2D eigenvalue weighted by molar-refractivity contribution is 7.15. The van der Waals surface area contributed by atoms with E-state index in [0.717, 1.165) is 66.1 Å². The van der Waals surface area contributed by atoms with E-state index in [1.54, 1.807) is 39.7 Å². The lowest BCUT2D eigenvalue weighted by molar-refractivity contribution is -0.144. The van der Waals surface area contributed by atoms with Crippen LogP contribution < -0.4 is 15.4 Å². The summed E-state index contributed by atoms with van der Waals surface area (Å²) < 4.78 is 10.0. The van der Waals surface area contributed by atoms with Crippen molar-refractivity contribution in [3.63, 3.8) is 0 Å². The van der Waals surface area contributed by atoms with Gasteiger partial charge in [0, 0.05) is 83.4 Å². The number of hydrogen-bond acceptors (Lipinski definition) is 13. The van der Waals surface area contributed by atoms with E-state index in [4.69, 9.17) is 21.3 Å². The second kappa shape index (κ2) is 19.8. The number of nitrogens with one attached hydrogen (secondary N) is 2. The topological polar surface area (TPSA) is 195 Å². The number of carbonyl (C=O) groups is 3. The van der Waals surface area contributed by atoms with E-state index >= 15 is 0 Å². The van der Waals surface area contributed by atoms with Crippen LogP contribution in [-0.2, 0) is 20.9 Å². The number of benzene rings is 2. The van der Waals surface area contributed by atoms with E-state index in [9.17, 15) is 19.5 Å². The largest absolute Gasteiger partial charge is 0.474 e. The number of aromatic nitrogens is 7. The Morgan fingerprint density at radius 3 is 2.40 bits per heavy atom. The molecular formula is C53H56ClN11O5S2. The van der Waals surface area contributed by atoms with Crippen molar-refractivity contribution in [1.29, 1.82) is 0 Å². The summed E-state index contributed by atoms with van der Waals surface area (Å²) in [4.78, 5) is 59.9. The van der Waals surface area contributed by atoms with Gasteiger partial charge in [-0.15, -0.1) is 32.9 Å². The molecule has 7 aromatic rings. The zero-order chi connectivity index (χ0) is 50.6. The lowest BCUT2D eigenvalue weighted by atomic mass is 9.85. The number of halogens is 1. The number of nitrogens with zero attached hydrogens (tertiary/aromatic N) is 9. The van der Waals surface area contributed by atoms with Gasteiger partial charge in [0.15, 0.2) is 5.82 Å². The van der Waals surface area contributed by atoms with Gasteiger partial charge in [0.2, 0.25) is 23.6 Å². The minimum Gasteiger partial charge on any atom is -0.474 e. The second-order valence-electron chi connectivity index (χ2n) is 20.0. The van der Waals surface area contributed by atoms with Gasteiger partial charge < -0.3 is 25.4 Å². The maximum absolute atomic E-state index is 14.6. The summed E-state index contributed by atoms with van der Waals surface area (Å²) in [6.45, 7) is 14.3. The van der Waals surface area contributed by atoms with Gasteiger partial charge in [-0.25, -0.2) is 9.97 Å². The molecular weight excluding hydrogens is 970 g/mol. The molecule has 16 nitrogen and oxygen atoms in total. The number of pyridine rings is 1. The Balaban J connectivity index is 0.767. The Morgan fingerprint density at radius 2 is 1.68 bits per heavy atom. The van der Waals surface area contributed by atoms with Crippen LogP contribution >= 0.6 is 34.3 Å². The standard InChI is InChI=1S/C53H56ClN11O5S2/c1-28-30(3)72-52-45(28)46(33-12-14-37(54)15-13-33)60-41(49-62-61-31(4)65(49)52)22-43(67)59-38-19-40(20-38)70-44-18-35(16-17-55-44)36-24-58-64(25-36)48(53(5,6)7)51(69)63-26-39(66)21-42(63)50(68)56-23-32-8-10-34(11-9-32)47-29(2)57-27-71-47/h8-18,24-25,27,38-42,48,66H,19-23,26H2,1-7H3,(H,56,68)(H,59,67)/t38-,39-,40-,41+,42+,48?/m1/s1. The average molecular weight is 1030 g/mol. The fourth-order valence-corrected chi connectivity index (χ4v) is 12.0. The Kier molecular flexibility index (Phi) is 13.5. The van der Waals surface area contributed by atoms with Crippen LogP contribution in [0, 0.1) is 33.1 Å². The minimum atomic E-state index is -0.841. The fourth-order valence-electron chi connectivity index (χ4n) is 9.83. The lowest BCUT2D eigenvalue weighted by Gasteiger charge is -2.35. The highest BCUT2D eigenvalue weighted by atomic mass is 35.5. The molecule has 1 saturated heterocycles. The van der Waals surface area contributed by atoms with Gasteiger partial charge >= 0.3 is 0 Å². The third-order valence-corrected chi connectivity index (χ3v) is 16.2. The molecule has 2 aromatic carbocycles. The van der Waals surface area contributed by atoms with E-state index in [0.29, 0.717) is 29.6 Å². The summed E-state index contributed by atoms with van der Waals surface area (Å²) >= 11 is 9.54. The molecule has 2 fully saturated rings. The summed E-state index contributed by atoms with van der Waals surface area (Å²) in [5.41, 5.74) is 9.56. The first-order valence-electron chi connectivity index (χ1n) is 24.1. The number of aliphatic hydroxyl groups excluding tert-OH is 1. The summed E-state index contributed by atoms with van der Waals surface area (Å²) in [6, 6.07) is 17.0. The van der Waals surface area contributed by atoms with Crippen molar-refractivity contribution in [3.8, 4) is 32.4 Å². The number of likely N-dealkylation sites (tertiary alicyclic amines) is 1. The number of amides is 3. The summed E-state index contributed by atoms with van der Waals surface area (Å²) in [7, 11) is 0. The van der Waals surface area contributed by atoms with Crippen LogP contribution in [0.4, 0.5) is 0 Å². The van der Waals surface area contributed by atoms with Crippen LogP contribution in [0.2, 0.25) is 5.02 Å². The Hall–Kier alpha value is -6.60. The van der Waals surface area contributed by atoms with Crippen LogP contribution in [0.25, 0.3) is 26.6 Å². The van der Waals surface area contributed by atoms with Gasteiger partial charge in [-0.1, -0.05) is 68.8 Å². The second-order valence-corrected chi connectivity index (χ2v) is 22.5. The molecule has 1 saturated carbocycles. The number of ether oxygens (including phenoxy) is 1. The monoisotopic (exact) mass is 1030 g/mol. The molecule has 1 aliphatic carbocycles. The van der Waals surface area contributed by atoms with Crippen molar-refractivity contribution < 1.29 is 24.2 Å². The quantitative estimate of drug-likeness (QED) is 0.101. The van der Waals surface area contributed by atoms with E-state index in [-0.39, 0.29) is 55.8 Å². The van der Waals surface area contributed by atoms with E-state index in [1.165, 1.54) is 9.78 Å². The van der Waals surface area contributed by atoms with Crippen LogP contribution in [0.5, 0.6) is 5.88 Å². The third kappa shape index (κ3) is 9.84. The molecule has 0 spiro atoms. The molecule has 0 radical (unpaired) electrons. The predicted octanol–water partition coefficient (Wildman–Crippen LogP) is 8.47. The highest BCUT2D eigenvalue weighted by Gasteiger charge is 2.45. The zero-order valence-electron chi connectivity index (χ0n) is 41.1. The van der Waals surface area contributed by atoms with Gasteiger partial charge in [-0.3, -0.25) is 28.6 Å². The molecule has 72 heavy (non-hydrogen) atoms. The molecule has 10 rings (SSSR count). The molecule has 4 atom stereocenters. The van der Waals surface area contributed by atoms with Crippen molar-refractivity contribution in [3.05, 3.63) is 134 Å². The van der Waals surface area contributed by atoms with Crippen LogP contribution in [-0.4, -0.2) is 98.8 Å². The first kappa shape index (κ1) is 49.0. The number of aliphatic hydroxyl groups is 1. The Bertz CT molecular complexity index is 3200. The van der Waals surface area contributed by atoms with Crippen molar-refractivity contribution in [2.45, 2.75) is 117 Å². The smallest absolute Gasteiger partial charge is 0.248 e. The van der Waals surface area contributed by atoms with Crippen LogP contribution in [0.15, 0.2) is 89.8 Å². The van der Waals surface area contributed by atoms with Crippen molar-refractivity contribution in [2.24, 2.45) is 10.4 Å². The SMILES string of the molecule is Cc1ncsc1-c1ccc(CNC(=O)[C@@H]2C[C@@H](O)CN2C(=O)C(n2cc(-c3ccnc(O[C@H]4C[C@H](NC(=O)C[C@@H]5N=C(c6ccc(Cl)cc6)c6c(sc(C)c6C)-n6c(C)nnc65)C4)c3)cn2)C(C)(C)C)cc1. The first-order valence-corrected chi connectivity index (χ1v) is 26.1. The number of aliphatic imine (C=N–C) groups is 1. The molecule has 1 unspecified atom stereocenters. The lowest BCUT2D eigenvalue weighted by Crippen LogP contribution is -2.50. The van der Waals surface area contributed by atoms with Gasteiger partial charge in [0.25, 0.3) is 0 Å². The highest BCUT2D eigenvalue weighted by Crippen LogP contribution is 2.41. The normalized spacial score (nSPS) is 19.9. The van der Waals surface area contributed by atoms with Crippen molar-refractivity contribution in [1.82, 2.24) is 50.0 Å². The average Bonchev–Trinajstić information content (AvgIpc) is 4.18. The number of carbonyl (C=O) groups excluding carboxylic acids is 3. The zero-order valence-corrected chi connectivity index (χ0v) is 43.5. The number of β-amino-alcohol motifs (C(OH)–C–C–N with tert-alkyl or cyclic N) is 1. The molecule has 0 bridgehead atoms. The molecule has 3 amide bonds. The van der Waals surface area contributed by atoms with Crippen LogP contribution in [0.1, 0.15) is 103 Å². The predicted molar refractivity (Wildman–Crippen MR) is 278 cm³/mol. The number of fused-ring (bicyclic) bond motifs is 3. The van der Waals surface area contributed by atoms with Crippen molar-refractivity contribution >= 4 is 57.7 Å². The summed E-state index contributed by atoms with van der Waals surface area (Å²) in [5, 5.41) is 32.3. The molecule has 5 aromatic heterocycles. The maximum Gasteiger partial charge on any atom is 0.248 e. The van der Waals surface area contributed by atoms with Crippen molar-refractivity contribution in [2.75, 3.05) is 6.54 Å². The maximum atomic E-state index is 14.6. The number of thiazole rings is 1. The summed E-state index contributed by atoms with van der Waals surface area (Å²) in [5.74, 6) is 1.02. The van der Waals surface area contributed by atoms with Crippen LogP contribution in [0.3, 0.4) is 0 Å². The minimum absolute atomic E-state index is 0.0397. The molecule has 3 aliphatic rings. The fraction of sp³-hybridized carbons (Fsp3) is 0.377. The number of aryl methyl sites for hydroxylation is 3.